The van der Waals surface area contributed by atoms with Gasteiger partial charge in [-0.05, 0) is 38.8 Å². The molecular formula is C24H27F6N7OS. The Morgan fingerprint density at radius 1 is 1.18 bits per heavy atom. The average Bonchev–Trinajstić information content (AvgIpc) is 2.84. The molecule has 2 heterocycles. The summed E-state index contributed by atoms with van der Waals surface area (Å²) < 4.78 is 84.1. The second-order valence-electron chi connectivity index (χ2n) is 9.60. The zero-order valence-electron chi connectivity index (χ0n) is 21.0. The van der Waals surface area contributed by atoms with E-state index >= 15 is 0 Å². The van der Waals surface area contributed by atoms with Crippen LogP contribution in [-0.4, -0.2) is 49.7 Å². The zero-order chi connectivity index (χ0) is 28.5. The average molecular weight is 576 g/mol. The molecule has 0 amide bonds. The minimum absolute atomic E-state index is 0.160. The van der Waals surface area contributed by atoms with Crippen LogP contribution in [0.3, 0.4) is 0 Å². The molecule has 1 fully saturated rings. The Labute approximate surface area is 223 Å². The summed E-state index contributed by atoms with van der Waals surface area (Å²) in [5.41, 5.74) is 4.40. The molecule has 0 aliphatic heterocycles. The number of nitrogens with one attached hydrogen (secondary N) is 2. The van der Waals surface area contributed by atoms with Crippen LogP contribution >= 0.6 is 11.9 Å². The quantitative estimate of drug-likeness (QED) is 0.187. The molecule has 15 heteroatoms. The van der Waals surface area contributed by atoms with E-state index in [4.69, 9.17) is 5.73 Å². The molecule has 8 nitrogen and oxygen atoms in total. The fraction of sp³-hybridized carbons (Fsp3) is 0.500. The Morgan fingerprint density at radius 3 is 2.49 bits per heavy atom. The maximum absolute atomic E-state index is 14.7. The molecule has 0 spiro atoms. The van der Waals surface area contributed by atoms with Crippen LogP contribution in [0.25, 0.3) is 22.4 Å². The van der Waals surface area contributed by atoms with Crippen molar-refractivity contribution in [1.29, 1.82) is 0 Å². The third kappa shape index (κ3) is 6.75. The number of aromatic nitrogens is 4. The molecule has 4 N–H and O–H groups in total. The van der Waals surface area contributed by atoms with Crippen LogP contribution in [0.2, 0.25) is 0 Å². The number of alkyl halides is 4. The summed E-state index contributed by atoms with van der Waals surface area (Å²) >= 11 is 0.507. The summed E-state index contributed by atoms with van der Waals surface area (Å²) in [5.74, 6) is -2.48. The first-order chi connectivity index (χ1) is 18.3. The number of benzene rings is 1. The van der Waals surface area contributed by atoms with Crippen LogP contribution in [0.4, 0.5) is 38.0 Å². The number of hydrogen-bond donors (Lipinski definition) is 3. The highest BCUT2D eigenvalue weighted by atomic mass is 32.2. The first-order valence-electron chi connectivity index (χ1n) is 12.2. The highest BCUT2D eigenvalue weighted by Gasteiger charge is 2.29. The molecule has 0 radical (unpaired) electrons. The summed E-state index contributed by atoms with van der Waals surface area (Å²) in [6.45, 7) is 3.45. The minimum atomic E-state index is -4.39. The highest BCUT2D eigenvalue weighted by molar-refractivity contribution is 8.00. The molecule has 0 saturated heterocycles. The third-order valence-electron chi connectivity index (χ3n) is 6.28. The fourth-order valence-corrected chi connectivity index (χ4v) is 5.06. The van der Waals surface area contributed by atoms with E-state index in [0.29, 0.717) is 24.8 Å². The monoisotopic (exact) mass is 575 g/mol. The lowest BCUT2D eigenvalue weighted by Crippen LogP contribution is -2.42. The van der Waals surface area contributed by atoms with E-state index in [0.717, 1.165) is 12.1 Å². The minimum Gasteiger partial charge on any atom is -0.351 e. The van der Waals surface area contributed by atoms with Crippen molar-refractivity contribution in [1.82, 2.24) is 19.5 Å². The molecule has 212 valence electrons. The Morgan fingerprint density at radius 2 is 1.87 bits per heavy atom. The van der Waals surface area contributed by atoms with Crippen molar-refractivity contribution >= 4 is 34.7 Å². The van der Waals surface area contributed by atoms with Crippen LogP contribution in [0.1, 0.15) is 45.6 Å². The Bertz CT molecular complexity index is 1380. The normalized spacial score (nSPS) is 20.0. The molecule has 3 atom stereocenters. The summed E-state index contributed by atoms with van der Waals surface area (Å²) in [6, 6.07) is 0.588. The topological polar surface area (TPSA) is 111 Å². The predicted molar refractivity (Wildman–Crippen MR) is 138 cm³/mol. The fourth-order valence-electron chi connectivity index (χ4n) is 4.29. The number of hydrogen-bond acceptors (Lipinski definition) is 8. The van der Waals surface area contributed by atoms with Crippen molar-refractivity contribution in [3.05, 3.63) is 40.3 Å². The van der Waals surface area contributed by atoms with Gasteiger partial charge in [0.2, 0.25) is 5.95 Å². The van der Waals surface area contributed by atoms with Gasteiger partial charge < -0.3 is 15.8 Å². The molecule has 1 aromatic carbocycles. The van der Waals surface area contributed by atoms with E-state index in [2.05, 4.69) is 25.0 Å². The van der Waals surface area contributed by atoms with Crippen molar-refractivity contribution in [2.75, 3.05) is 15.8 Å². The van der Waals surface area contributed by atoms with Gasteiger partial charge >= 0.3 is 6.18 Å². The lowest BCUT2D eigenvalue weighted by Gasteiger charge is -2.29. The summed E-state index contributed by atoms with van der Waals surface area (Å²) in [5, 5.41) is 3.07. The lowest BCUT2D eigenvalue weighted by molar-refractivity contribution is -0.129. The Hall–Kier alpha value is -3.07. The first-order valence-corrected chi connectivity index (χ1v) is 13.2. The summed E-state index contributed by atoms with van der Waals surface area (Å²) in [6.07, 6.45) is -4.01. The van der Waals surface area contributed by atoms with Gasteiger partial charge in [-0.25, -0.2) is 23.1 Å². The van der Waals surface area contributed by atoms with Crippen molar-refractivity contribution in [3.63, 3.8) is 0 Å². The number of rotatable bonds is 8. The molecule has 1 saturated carbocycles. The number of fused-ring (bicyclic) bond motifs is 1. The Balaban J connectivity index is 1.64. The van der Waals surface area contributed by atoms with Gasteiger partial charge in [0.1, 0.15) is 23.1 Å². The molecule has 3 aromatic rings. The van der Waals surface area contributed by atoms with Crippen molar-refractivity contribution in [3.8, 4) is 11.3 Å². The van der Waals surface area contributed by atoms with Crippen LogP contribution < -0.4 is 21.3 Å². The summed E-state index contributed by atoms with van der Waals surface area (Å²) in [7, 11) is 0. The molecular weight excluding hydrogens is 548 g/mol. The van der Waals surface area contributed by atoms with Gasteiger partial charge in [-0.2, -0.15) is 18.2 Å². The first kappa shape index (κ1) is 28.9. The largest absolute Gasteiger partial charge is 0.389 e. The standard InChI is InChI=1S/C24H27F6N7OS/c1-11(2)37-21-18(10-32-23(35-21)33-13-3-4-17(31)14(25)9-13)34-19(22(37)38)12-7-15(26)20(16(27)8-12)36-39-6-5-24(28,29)30/h7-8,10-11,13-14,17,36H,3-6,9,31H2,1-2H3,(H,32,33,35). The lowest BCUT2D eigenvalue weighted by atomic mass is 9.90. The van der Waals surface area contributed by atoms with Crippen LogP contribution in [-0.2, 0) is 0 Å². The number of halogens is 6. The second kappa shape index (κ2) is 11.6. The molecule has 1 aliphatic rings. The zero-order valence-corrected chi connectivity index (χ0v) is 21.8. The van der Waals surface area contributed by atoms with E-state index in [1.54, 1.807) is 13.8 Å². The van der Waals surface area contributed by atoms with Gasteiger partial charge in [0.25, 0.3) is 5.56 Å². The van der Waals surface area contributed by atoms with E-state index in [-0.39, 0.29) is 40.8 Å². The molecule has 1 aliphatic carbocycles. The van der Waals surface area contributed by atoms with Crippen molar-refractivity contribution in [2.24, 2.45) is 5.73 Å². The van der Waals surface area contributed by atoms with E-state index in [9.17, 15) is 31.1 Å². The smallest absolute Gasteiger partial charge is 0.351 e. The molecule has 2 aromatic heterocycles. The van der Waals surface area contributed by atoms with Crippen molar-refractivity contribution < 1.29 is 26.3 Å². The third-order valence-corrected chi connectivity index (χ3v) is 7.04. The molecule has 4 rings (SSSR count). The maximum Gasteiger partial charge on any atom is 0.389 e. The van der Waals surface area contributed by atoms with Crippen LogP contribution in [0.5, 0.6) is 0 Å². The SMILES string of the molecule is CC(C)n1c(=O)c(-c2cc(F)c(NSCCC(F)(F)F)c(F)c2)nc2cnc(NC3CCC(N)C(F)C3)nc21. The molecule has 3 unspecified atom stereocenters. The van der Waals surface area contributed by atoms with Gasteiger partial charge in [0.15, 0.2) is 17.3 Å². The Kier molecular flexibility index (Phi) is 8.59. The van der Waals surface area contributed by atoms with Crippen LogP contribution in [0.15, 0.2) is 23.1 Å². The van der Waals surface area contributed by atoms with Crippen molar-refractivity contribution in [2.45, 2.75) is 70.0 Å². The summed E-state index contributed by atoms with van der Waals surface area (Å²) in [4.78, 5) is 26.3. The van der Waals surface area contributed by atoms with Gasteiger partial charge in [0.05, 0.1) is 12.6 Å². The van der Waals surface area contributed by atoms with Crippen LogP contribution in [0, 0.1) is 11.6 Å². The van der Waals surface area contributed by atoms with Gasteiger partial charge in [-0.15, -0.1) is 0 Å². The number of nitrogens with two attached hydrogens (primary N) is 1. The van der Waals surface area contributed by atoms with E-state index in [1.807, 2.05) is 0 Å². The number of anilines is 2. The highest BCUT2D eigenvalue weighted by Crippen LogP contribution is 2.30. The second-order valence-corrected chi connectivity index (χ2v) is 10.5. The molecule has 0 bridgehead atoms. The molecule has 39 heavy (non-hydrogen) atoms. The van der Waals surface area contributed by atoms with Gasteiger partial charge in [-0.3, -0.25) is 9.36 Å². The predicted octanol–water partition coefficient (Wildman–Crippen LogP) is 5.35. The van der Waals surface area contributed by atoms with E-state index < -0.39 is 59.5 Å². The number of nitrogens with zero attached hydrogens (tertiary/aromatic N) is 4. The van der Waals surface area contributed by atoms with Gasteiger partial charge in [0, 0.05) is 35.9 Å². The van der Waals surface area contributed by atoms with Gasteiger partial charge in [-0.1, -0.05) is 11.9 Å². The maximum atomic E-state index is 14.7. The van der Waals surface area contributed by atoms with E-state index in [1.165, 1.54) is 10.8 Å².